The molecule has 0 aliphatic rings. The van der Waals surface area contributed by atoms with Gasteiger partial charge in [0.1, 0.15) is 0 Å². The van der Waals surface area contributed by atoms with Gasteiger partial charge in [-0.05, 0) is 19.2 Å². The zero-order valence-electron chi connectivity index (χ0n) is 8.37. The van der Waals surface area contributed by atoms with Crippen LogP contribution in [0.3, 0.4) is 0 Å². The van der Waals surface area contributed by atoms with E-state index in [1.165, 1.54) is 0 Å². The fourth-order valence-electron chi connectivity index (χ4n) is 1.35. The summed E-state index contributed by atoms with van der Waals surface area (Å²) in [5.41, 5.74) is 1.76. The molecule has 2 rings (SSSR count). The highest BCUT2D eigenvalue weighted by atomic mass is 16.2. The van der Waals surface area contributed by atoms with Crippen LogP contribution in [0.25, 0.3) is 11.0 Å². The quantitative estimate of drug-likeness (QED) is 0.690. The summed E-state index contributed by atoms with van der Waals surface area (Å²) >= 11 is 0. The summed E-state index contributed by atoms with van der Waals surface area (Å²) in [4.78, 5) is 18.5. The van der Waals surface area contributed by atoms with Crippen molar-refractivity contribution in [3.8, 4) is 0 Å². The van der Waals surface area contributed by atoms with Crippen molar-refractivity contribution in [2.45, 2.75) is 0 Å². The van der Waals surface area contributed by atoms with Crippen LogP contribution in [-0.2, 0) is 4.79 Å². The van der Waals surface area contributed by atoms with Crippen LogP contribution in [-0.4, -0.2) is 29.5 Å². The van der Waals surface area contributed by atoms with E-state index in [9.17, 15) is 4.79 Å². The number of carbonyl (C=O) groups excluding carboxylic acids is 1. The molecule has 2 aromatic rings. The minimum absolute atomic E-state index is 0.114. The lowest BCUT2D eigenvalue weighted by molar-refractivity contribution is -0.115. The number of rotatable bonds is 3. The van der Waals surface area contributed by atoms with Gasteiger partial charge >= 0.3 is 0 Å². The Morgan fingerprint density at radius 3 is 3.00 bits per heavy atom. The summed E-state index contributed by atoms with van der Waals surface area (Å²) in [7, 11) is 1.72. The molecule has 5 heteroatoms. The first-order chi connectivity index (χ1) is 7.29. The zero-order chi connectivity index (χ0) is 10.7. The molecule has 0 aliphatic carbocycles. The minimum Gasteiger partial charge on any atom is -0.324 e. The fourth-order valence-corrected chi connectivity index (χ4v) is 1.35. The standard InChI is InChI=1S/C10H12N4O/c1-11-6-9(15)14-10-12-7-4-2-3-5-8(7)13-10/h2-5,11H,6H2,1H3,(H2,12,13,14,15). The lowest BCUT2D eigenvalue weighted by Gasteiger charge is -1.99. The molecule has 1 aromatic heterocycles. The van der Waals surface area contributed by atoms with E-state index in [-0.39, 0.29) is 12.5 Å². The number of likely N-dealkylation sites (N-methyl/N-ethyl adjacent to an activating group) is 1. The molecule has 0 atom stereocenters. The van der Waals surface area contributed by atoms with Crippen LogP contribution < -0.4 is 10.6 Å². The number of nitrogens with zero attached hydrogens (tertiary/aromatic N) is 1. The monoisotopic (exact) mass is 204 g/mol. The van der Waals surface area contributed by atoms with Crippen LogP contribution in [0.2, 0.25) is 0 Å². The van der Waals surface area contributed by atoms with Crippen LogP contribution in [0.1, 0.15) is 0 Å². The lowest BCUT2D eigenvalue weighted by atomic mass is 10.3. The molecule has 15 heavy (non-hydrogen) atoms. The Labute approximate surface area is 86.9 Å². The van der Waals surface area contributed by atoms with E-state index in [0.717, 1.165) is 11.0 Å². The number of anilines is 1. The first-order valence-electron chi connectivity index (χ1n) is 4.69. The highest BCUT2D eigenvalue weighted by molar-refractivity contribution is 5.92. The number of nitrogens with one attached hydrogen (secondary N) is 3. The molecule has 78 valence electrons. The maximum Gasteiger partial charge on any atom is 0.240 e. The molecule has 0 radical (unpaired) electrons. The summed E-state index contributed by atoms with van der Waals surface area (Å²) in [5, 5.41) is 5.43. The number of aromatic amines is 1. The van der Waals surface area contributed by atoms with Crippen molar-refractivity contribution >= 4 is 22.9 Å². The molecular formula is C10H12N4O. The van der Waals surface area contributed by atoms with Gasteiger partial charge in [0.25, 0.3) is 0 Å². The molecule has 3 N–H and O–H groups in total. The van der Waals surface area contributed by atoms with Gasteiger partial charge in [-0.15, -0.1) is 0 Å². The SMILES string of the molecule is CNCC(=O)Nc1nc2ccccc2[nH]1. The largest absolute Gasteiger partial charge is 0.324 e. The van der Waals surface area contributed by atoms with Crippen molar-refractivity contribution < 1.29 is 4.79 Å². The summed E-state index contributed by atoms with van der Waals surface area (Å²) in [5.74, 6) is 0.369. The topological polar surface area (TPSA) is 69.8 Å². The molecule has 1 heterocycles. The number of fused-ring (bicyclic) bond motifs is 1. The Kier molecular flexibility index (Phi) is 2.64. The summed E-state index contributed by atoms with van der Waals surface area (Å²) in [6, 6.07) is 7.62. The van der Waals surface area contributed by atoms with Crippen molar-refractivity contribution in [2.24, 2.45) is 0 Å². The van der Waals surface area contributed by atoms with Crippen molar-refractivity contribution in [1.29, 1.82) is 0 Å². The normalized spacial score (nSPS) is 10.5. The number of aromatic nitrogens is 2. The lowest BCUT2D eigenvalue weighted by Crippen LogP contribution is -2.25. The first-order valence-corrected chi connectivity index (χ1v) is 4.69. The van der Waals surface area contributed by atoms with E-state index in [2.05, 4.69) is 20.6 Å². The van der Waals surface area contributed by atoms with Gasteiger partial charge in [0.2, 0.25) is 11.9 Å². The molecule has 1 aromatic carbocycles. The molecule has 0 bridgehead atoms. The van der Waals surface area contributed by atoms with Crippen molar-refractivity contribution in [3.05, 3.63) is 24.3 Å². The molecule has 5 nitrogen and oxygen atoms in total. The van der Waals surface area contributed by atoms with Crippen molar-refractivity contribution in [3.63, 3.8) is 0 Å². The molecular weight excluding hydrogens is 192 g/mol. The van der Waals surface area contributed by atoms with Crippen molar-refractivity contribution in [1.82, 2.24) is 15.3 Å². The third kappa shape index (κ3) is 2.13. The molecule has 0 unspecified atom stereocenters. The Morgan fingerprint density at radius 2 is 2.27 bits per heavy atom. The predicted molar refractivity (Wildman–Crippen MR) is 58.7 cm³/mol. The Bertz CT molecular complexity index is 444. The first kappa shape index (κ1) is 9.67. The average Bonchev–Trinajstić information content (AvgIpc) is 2.59. The Morgan fingerprint density at radius 1 is 1.47 bits per heavy atom. The number of hydrogen-bond acceptors (Lipinski definition) is 3. The second-order valence-corrected chi connectivity index (χ2v) is 3.18. The number of H-pyrrole nitrogens is 1. The van der Waals surface area contributed by atoms with Crippen LogP contribution in [0.4, 0.5) is 5.95 Å². The van der Waals surface area contributed by atoms with E-state index >= 15 is 0 Å². The van der Waals surface area contributed by atoms with Gasteiger partial charge in [-0.1, -0.05) is 12.1 Å². The second kappa shape index (κ2) is 4.10. The Balaban J connectivity index is 2.18. The number of benzene rings is 1. The maximum absolute atomic E-state index is 11.3. The number of para-hydroxylation sites is 2. The van der Waals surface area contributed by atoms with Gasteiger partial charge in [-0.2, -0.15) is 0 Å². The summed E-state index contributed by atoms with van der Waals surface area (Å²) < 4.78 is 0. The van der Waals surface area contributed by atoms with Crippen LogP contribution in [0, 0.1) is 0 Å². The van der Waals surface area contributed by atoms with E-state index < -0.39 is 0 Å². The molecule has 0 aliphatic heterocycles. The van der Waals surface area contributed by atoms with Gasteiger partial charge in [0, 0.05) is 0 Å². The van der Waals surface area contributed by atoms with E-state index in [0.29, 0.717) is 5.95 Å². The number of imidazole rings is 1. The molecule has 0 spiro atoms. The molecule has 0 saturated heterocycles. The second-order valence-electron chi connectivity index (χ2n) is 3.18. The average molecular weight is 204 g/mol. The van der Waals surface area contributed by atoms with Gasteiger partial charge in [-0.3, -0.25) is 10.1 Å². The number of amides is 1. The van der Waals surface area contributed by atoms with Crippen LogP contribution in [0.5, 0.6) is 0 Å². The van der Waals surface area contributed by atoms with Crippen LogP contribution in [0.15, 0.2) is 24.3 Å². The fraction of sp³-hybridized carbons (Fsp3) is 0.200. The van der Waals surface area contributed by atoms with Gasteiger partial charge in [0.05, 0.1) is 17.6 Å². The number of carbonyl (C=O) groups is 1. The maximum atomic E-state index is 11.3. The Hall–Kier alpha value is -1.88. The predicted octanol–water partition coefficient (Wildman–Crippen LogP) is 0.721. The van der Waals surface area contributed by atoms with E-state index in [1.54, 1.807) is 7.05 Å². The third-order valence-corrected chi connectivity index (χ3v) is 1.98. The highest BCUT2D eigenvalue weighted by Gasteiger charge is 2.04. The van der Waals surface area contributed by atoms with Crippen LogP contribution >= 0.6 is 0 Å². The highest BCUT2D eigenvalue weighted by Crippen LogP contribution is 2.12. The smallest absolute Gasteiger partial charge is 0.240 e. The summed E-state index contributed by atoms with van der Waals surface area (Å²) in [6.07, 6.45) is 0. The van der Waals surface area contributed by atoms with Gasteiger partial charge in [-0.25, -0.2) is 4.98 Å². The molecule has 1 amide bonds. The molecule has 0 saturated carbocycles. The van der Waals surface area contributed by atoms with Crippen molar-refractivity contribution in [2.75, 3.05) is 18.9 Å². The van der Waals surface area contributed by atoms with E-state index in [4.69, 9.17) is 0 Å². The third-order valence-electron chi connectivity index (χ3n) is 1.98. The van der Waals surface area contributed by atoms with Gasteiger partial charge in [0.15, 0.2) is 0 Å². The van der Waals surface area contributed by atoms with Gasteiger partial charge < -0.3 is 10.3 Å². The number of hydrogen-bond donors (Lipinski definition) is 3. The minimum atomic E-state index is -0.114. The summed E-state index contributed by atoms with van der Waals surface area (Å²) in [6.45, 7) is 0.275. The molecule has 0 fully saturated rings. The van der Waals surface area contributed by atoms with E-state index in [1.807, 2.05) is 24.3 Å². The zero-order valence-corrected chi connectivity index (χ0v) is 8.37.